The monoisotopic (exact) mass is 242 g/mol. The first kappa shape index (κ1) is 12.6. The van der Waals surface area contributed by atoms with Crippen molar-refractivity contribution in [2.24, 2.45) is 0 Å². The molecule has 0 unspecified atom stereocenters. The van der Waals surface area contributed by atoms with E-state index in [0.717, 1.165) is 0 Å². The fourth-order valence-corrected chi connectivity index (χ4v) is 1.13. The van der Waals surface area contributed by atoms with Gasteiger partial charge in [0.1, 0.15) is 5.82 Å². The summed E-state index contributed by atoms with van der Waals surface area (Å²) in [6.45, 7) is -1.04. The first-order valence-corrected chi connectivity index (χ1v) is 4.03. The van der Waals surface area contributed by atoms with Gasteiger partial charge in [-0.05, 0) is 6.07 Å². The third-order valence-corrected chi connectivity index (χ3v) is 1.84. The molecule has 8 heteroatoms. The number of anilines is 1. The molecule has 0 aliphatic heterocycles. The number of aliphatic hydroxyl groups is 1. The Labute approximate surface area is 86.7 Å². The Hall–Kier alpha value is -1.44. The zero-order valence-corrected chi connectivity index (χ0v) is 7.72. The first-order chi connectivity index (χ1) is 7.27. The molecular weight excluding hydrogens is 235 g/mol. The van der Waals surface area contributed by atoms with Crippen molar-refractivity contribution in [1.29, 1.82) is 0 Å². The summed E-state index contributed by atoms with van der Waals surface area (Å²) >= 11 is 0. The van der Waals surface area contributed by atoms with E-state index in [1.54, 1.807) is 0 Å². The standard InChI is InChI=1S/C8H7F5N2O/c9-6(10)4-1-3(2-16)5(8(11,12)13)15-7(4)14/h1,6,16H,2H2,(H2,14,15). The van der Waals surface area contributed by atoms with E-state index in [4.69, 9.17) is 10.8 Å². The summed E-state index contributed by atoms with van der Waals surface area (Å²) in [5, 5.41) is 8.65. The lowest BCUT2D eigenvalue weighted by Gasteiger charge is -2.13. The summed E-state index contributed by atoms with van der Waals surface area (Å²) in [6.07, 6.45) is -7.88. The molecule has 3 N–H and O–H groups in total. The molecule has 1 aromatic rings. The lowest BCUT2D eigenvalue weighted by molar-refractivity contribution is -0.142. The molecule has 16 heavy (non-hydrogen) atoms. The van der Waals surface area contributed by atoms with Crippen LogP contribution < -0.4 is 5.73 Å². The number of nitrogens with zero attached hydrogens (tertiary/aromatic N) is 1. The Bertz CT molecular complexity index is 391. The largest absolute Gasteiger partial charge is 0.433 e. The van der Waals surface area contributed by atoms with Gasteiger partial charge in [0, 0.05) is 5.56 Å². The average molecular weight is 242 g/mol. The number of hydrogen-bond acceptors (Lipinski definition) is 3. The highest BCUT2D eigenvalue weighted by molar-refractivity contribution is 5.45. The minimum absolute atomic E-state index is 0.510. The highest BCUT2D eigenvalue weighted by Gasteiger charge is 2.36. The topological polar surface area (TPSA) is 59.1 Å². The highest BCUT2D eigenvalue weighted by atomic mass is 19.4. The molecule has 0 fully saturated rings. The molecule has 0 saturated carbocycles. The second-order valence-corrected chi connectivity index (χ2v) is 2.93. The fourth-order valence-electron chi connectivity index (χ4n) is 1.13. The molecule has 0 atom stereocenters. The Morgan fingerprint density at radius 3 is 2.31 bits per heavy atom. The third-order valence-electron chi connectivity index (χ3n) is 1.84. The quantitative estimate of drug-likeness (QED) is 0.781. The average Bonchev–Trinajstić information content (AvgIpc) is 2.15. The van der Waals surface area contributed by atoms with E-state index in [1.807, 2.05) is 0 Å². The van der Waals surface area contributed by atoms with E-state index < -0.39 is 41.8 Å². The maximum absolute atomic E-state index is 12.3. The van der Waals surface area contributed by atoms with Crippen LogP contribution in [0.25, 0.3) is 0 Å². The molecule has 1 aromatic heterocycles. The number of nitrogens with two attached hydrogens (primary N) is 1. The Kier molecular flexibility index (Phi) is 3.32. The summed E-state index contributed by atoms with van der Waals surface area (Å²) in [5.74, 6) is -0.889. The summed E-state index contributed by atoms with van der Waals surface area (Å²) in [6, 6.07) is 0.510. The normalized spacial score (nSPS) is 12.2. The lowest BCUT2D eigenvalue weighted by Crippen LogP contribution is -2.15. The number of halogens is 5. The van der Waals surface area contributed by atoms with Crippen LogP contribution in [0.1, 0.15) is 23.2 Å². The molecule has 0 aliphatic carbocycles. The van der Waals surface area contributed by atoms with Gasteiger partial charge in [-0.2, -0.15) is 13.2 Å². The van der Waals surface area contributed by atoms with Gasteiger partial charge in [-0.15, -0.1) is 0 Å². The van der Waals surface area contributed by atoms with Crippen LogP contribution in [0.15, 0.2) is 6.07 Å². The van der Waals surface area contributed by atoms with Gasteiger partial charge in [-0.1, -0.05) is 0 Å². The number of alkyl halides is 5. The molecular formula is C8H7F5N2O. The van der Waals surface area contributed by atoms with Crippen molar-refractivity contribution in [2.75, 3.05) is 5.73 Å². The Balaban J connectivity index is 3.38. The molecule has 0 aliphatic rings. The fraction of sp³-hybridized carbons (Fsp3) is 0.375. The first-order valence-electron chi connectivity index (χ1n) is 4.03. The van der Waals surface area contributed by atoms with E-state index in [2.05, 4.69) is 4.98 Å². The van der Waals surface area contributed by atoms with Crippen LogP contribution in [-0.4, -0.2) is 10.1 Å². The number of rotatable bonds is 2. The van der Waals surface area contributed by atoms with Crippen molar-refractivity contribution in [3.63, 3.8) is 0 Å². The van der Waals surface area contributed by atoms with Gasteiger partial charge in [0.05, 0.1) is 12.2 Å². The third kappa shape index (κ3) is 2.38. The molecule has 90 valence electrons. The van der Waals surface area contributed by atoms with Gasteiger partial charge in [0.2, 0.25) is 0 Å². The smallest absolute Gasteiger partial charge is 0.392 e. The molecule has 0 amide bonds. The predicted molar refractivity (Wildman–Crippen MR) is 44.5 cm³/mol. The van der Waals surface area contributed by atoms with Crippen molar-refractivity contribution in [3.8, 4) is 0 Å². The van der Waals surface area contributed by atoms with Crippen molar-refractivity contribution in [3.05, 3.63) is 22.9 Å². The lowest BCUT2D eigenvalue weighted by atomic mass is 10.1. The Morgan fingerprint density at radius 1 is 1.38 bits per heavy atom. The van der Waals surface area contributed by atoms with E-state index in [1.165, 1.54) is 0 Å². The summed E-state index contributed by atoms with van der Waals surface area (Å²) in [7, 11) is 0. The van der Waals surface area contributed by atoms with Crippen molar-refractivity contribution < 1.29 is 27.1 Å². The minimum atomic E-state index is -4.84. The second-order valence-electron chi connectivity index (χ2n) is 2.93. The van der Waals surface area contributed by atoms with Gasteiger partial charge >= 0.3 is 6.18 Å². The van der Waals surface area contributed by atoms with Crippen LogP contribution in [0.5, 0.6) is 0 Å². The van der Waals surface area contributed by atoms with Crippen LogP contribution in [0.3, 0.4) is 0 Å². The van der Waals surface area contributed by atoms with E-state index in [0.29, 0.717) is 6.07 Å². The zero-order valence-electron chi connectivity index (χ0n) is 7.72. The molecule has 0 bridgehead atoms. The maximum Gasteiger partial charge on any atom is 0.433 e. The molecule has 3 nitrogen and oxygen atoms in total. The number of hydrogen-bond donors (Lipinski definition) is 2. The number of nitrogen functional groups attached to an aromatic ring is 1. The summed E-state index contributed by atoms with van der Waals surface area (Å²) in [4.78, 5) is 2.85. The van der Waals surface area contributed by atoms with Gasteiger partial charge in [-0.3, -0.25) is 0 Å². The van der Waals surface area contributed by atoms with Gasteiger partial charge in [-0.25, -0.2) is 13.8 Å². The van der Waals surface area contributed by atoms with Gasteiger partial charge in [0.25, 0.3) is 6.43 Å². The van der Waals surface area contributed by atoms with Crippen LogP contribution in [0, 0.1) is 0 Å². The minimum Gasteiger partial charge on any atom is -0.392 e. The predicted octanol–water partition coefficient (Wildman–Crippen LogP) is 2.11. The van der Waals surface area contributed by atoms with Gasteiger partial charge < -0.3 is 10.8 Å². The number of aromatic nitrogens is 1. The summed E-state index contributed by atoms with van der Waals surface area (Å²) < 4.78 is 61.6. The van der Waals surface area contributed by atoms with Crippen LogP contribution >= 0.6 is 0 Å². The second kappa shape index (κ2) is 4.20. The van der Waals surface area contributed by atoms with Gasteiger partial charge in [0.15, 0.2) is 5.69 Å². The maximum atomic E-state index is 12.3. The van der Waals surface area contributed by atoms with Crippen molar-refractivity contribution >= 4 is 5.82 Å². The molecule has 0 saturated heterocycles. The summed E-state index contributed by atoms with van der Waals surface area (Å²) in [5.41, 5.74) is 1.98. The highest BCUT2D eigenvalue weighted by Crippen LogP contribution is 2.34. The molecule has 1 heterocycles. The SMILES string of the molecule is Nc1nc(C(F)(F)F)c(CO)cc1C(F)F. The van der Waals surface area contributed by atoms with Crippen molar-refractivity contribution in [2.45, 2.75) is 19.2 Å². The van der Waals surface area contributed by atoms with Crippen LogP contribution in [-0.2, 0) is 12.8 Å². The van der Waals surface area contributed by atoms with Crippen molar-refractivity contribution in [1.82, 2.24) is 4.98 Å². The van der Waals surface area contributed by atoms with E-state index in [9.17, 15) is 22.0 Å². The van der Waals surface area contributed by atoms with E-state index >= 15 is 0 Å². The molecule has 0 aromatic carbocycles. The zero-order chi connectivity index (χ0) is 12.5. The number of aliphatic hydroxyl groups excluding tert-OH is 1. The molecule has 0 spiro atoms. The molecule has 0 radical (unpaired) electrons. The van der Waals surface area contributed by atoms with Crippen LogP contribution in [0.4, 0.5) is 27.8 Å². The molecule has 1 rings (SSSR count). The Morgan fingerprint density at radius 2 is 1.94 bits per heavy atom. The van der Waals surface area contributed by atoms with Crippen LogP contribution in [0.2, 0.25) is 0 Å². The number of pyridine rings is 1. The van der Waals surface area contributed by atoms with E-state index in [-0.39, 0.29) is 0 Å².